The molecule has 0 heterocycles. The fourth-order valence-electron chi connectivity index (χ4n) is 1.82. The van der Waals surface area contributed by atoms with Crippen LogP contribution in [0.4, 0.5) is 0 Å². The Balaban J connectivity index is 3.35. The van der Waals surface area contributed by atoms with Crippen molar-refractivity contribution >= 4 is 23.5 Å². The summed E-state index contributed by atoms with van der Waals surface area (Å²) in [5.41, 5.74) is -0.196. The number of esters is 1. The van der Waals surface area contributed by atoms with Gasteiger partial charge in [-0.3, -0.25) is 9.59 Å². The van der Waals surface area contributed by atoms with E-state index in [0.717, 1.165) is 0 Å². The highest BCUT2D eigenvalue weighted by molar-refractivity contribution is 6.25. The van der Waals surface area contributed by atoms with E-state index < -0.39 is 17.4 Å². The van der Waals surface area contributed by atoms with Crippen LogP contribution in [0.25, 0.3) is 0 Å². The Morgan fingerprint density at radius 3 is 2.47 bits per heavy atom. The van der Waals surface area contributed by atoms with E-state index in [9.17, 15) is 14.7 Å². The third-order valence-electron chi connectivity index (χ3n) is 2.77. The normalized spacial score (nSPS) is 14.0. The van der Waals surface area contributed by atoms with Crippen molar-refractivity contribution in [3.05, 3.63) is 47.5 Å². The lowest BCUT2D eigenvalue weighted by Gasteiger charge is -2.26. The molecule has 1 N–H and O–H groups in total. The van der Waals surface area contributed by atoms with E-state index >= 15 is 0 Å². The molecule has 0 aliphatic carbocycles. The van der Waals surface area contributed by atoms with Crippen molar-refractivity contribution in [1.82, 2.24) is 0 Å². The second-order valence-corrected chi connectivity index (χ2v) is 4.11. The lowest BCUT2D eigenvalue weighted by molar-refractivity contribution is -0.161. The molecule has 0 saturated carbocycles. The lowest BCUT2D eigenvalue weighted by atomic mass is 9.77. The molecule has 0 spiro atoms. The van der Waals surface area contributed by atoms with Gasteiger partial charge in [0.2, 0.25) is 0 Å². The van der Waals surface area contributed by atoms with Gasteiger partial charge in [-0.15, -0.1) is 0 Å². The van der Waals surface area contributed by atoms with Gasteiger partial charge in [0.15, 0.2) is 5.41 Å². The molecular formula is C14H15ClO4. The molecule has 0 amide bonds. The average Bonchev–Trinajstić information content (AvgIpc) is 2.41. The zero-order valence-electron chi connectivity index (χ0n) is 10.5. The summed E-state index contributed by atoms with van der Waals surface area (Å²) in [4.78, 5) is 23.8. The lowest BCUT2D eigenvalue weighted by Crippen LogP contribution is -2.44. The minimum absolute atomic E-state index is 0.0608. The molecule has 5 heteroatoms. The maximum atomic E-state index is 12.1. The first kappa shape index (κ1) is 15.2. The van der Waals surface area contributed by atoms with Gasteiger partial charge in [0.25, 0.3) is 0 Å². The van der Waals surface area contributed by atoms with Crippen LogP contribution in [0.15, 0.2) is 41.9 Å². The van der Waals surface area contributed by atoms with Gasteiger partial charge in [0, 0.05) is 5.54 Å². The Kier molecular flexibility index (Phi) is 5.57. The third kappa shape index (κ3) is 3.15. The van der Waals surface area contributed by atoms with Gasteiger partial charge < -0.3 is 9.84 Å². The van der Waals surface area contributed by atoms with Gasteiger partial charge in [-0.25, -0.2) is 0 Å². The van der Waals surface area contributed by atoms with Gasteiger partial charge in [-0.2, -0.15) is 0 Å². The number of benzene rings is 1. The zero-order valence-corrected chi connectivity index (χ0v) is 11.3. The smallest absolute Gasteiger partial charge is 0.328 e. The van der Waals surface area contributed by atoms with Crippen LogP contribution in [0, 0.1) is 0 Å². The quantitative estimate of drug-likeness (QED) is 0.644. The number of carboxylic acids is 1. The number of allylic oxidation sites excluding steroid dienone is 1. The molecule has 0 aliphatic heterocycles. The van der Waals surface area contributed by atoms with E-state index in [1.54, 1.807) is 37.3 Å². The van der Waals surface area contributed by atoms with Crippen LogP contribution in [-0.2, 0) is 19.7 Å². The highest BCUT2D eigenvalue weighted by atomic mass is 35.5. The summed E-state index contributed by atoms with van der Waals surface area (Å²) < 4.78 is 4.92. The molecule has 4 nitrogen and oxygen atoms in total. The number of hydrogen-bond donors (Lipinski definition) is 1. The highest BCUT2D eigenvalue weighted by Crippen LogP contribution is 2.31. The Labute approximate surface area is 116 Å². The Hall–Kier alpha value is -1.81. The van der Waals surface area contributed by atoms with Crippen LogP contribution in [0.3, 0.4) is 0 Å². The first-order valence-electron chi connectivity index (χ1n) is 5.81. The molecule has 102 valence electrons. The fraction of sp³-hybridized carbons (Fsp3) is 0.286. The molecule has 0 radical (unpaired) electrons. The van der Waals surface area contributed by atoms with E-state index in [0.29, 0.717) is 5.56 Å². The summed E-state index contributed by atoms with van der Waals surface area (Å²) in [5.74, 6) is -2.05. The number of halogens is 1. The number of rotatable bonds is 6. The van der Waals surface area contributed by atoms with Crippen molar-refractivity contribution in [2.75, 3.05) is 6.61 Å². The monoisotopic (exact) mass is 282 g/mol. The maximum Gasteiger partial charge on any atom is 0.328 e. The molecule has 0 saturated heterocycles. The first-order valence-corrected chi connectivity index (χ1v) is 6.24. The second-order valence-electron chi connectivity index (χ2n) is 3.86. The van der Waals surface area contributed by atoms with Crippen molar-refractivity contribution in [3.8, 4) is 0 Å². The standard InChI is InChI=1S/C14H15ClO4/c1-2-19-13(18)14(12(16)17,9-6-10-15)11-7-4-3-5-8-11/h3-8,10H,2,9H2,1H3,(H,16,17)/b10-6+. The van der Waals surface area contributed by atoms with Crippen molar-refractivity contribution in [1.29, 1.82) is 0 Å². The molecule has 0 aromatic heterocycles. The van der Waals surface area contributed by atoms with Crippen molar-refractivity contribution in [2.45, 2.75) is 18.8 Å². The molecule has 1 aromatic carbocycles. The minimum atomic E-state index is -1.76. The van der Waals surface area contributed by atoms with Gasteiger partial charge >= 0.3 is 11.9 Å². The molecular weight excluding hydrogens is 268 g/mol. The number of hydrogen-bond acceptors (Lipinski definition) is 3. The Morgan fingerprint density at radius 1 is 1.37 bits per heavy atom. The largest absolute Gasteiger partial charge is 0.480 e. The molecule has 19 heavy (non-hydrogen) atoms. The Bertz CT molecular complexity index is 470. The van der Waals surface area contributed by atoms with Crippen LogP contribution in [0.2, 0.25) is 0 Å². The summed E-state index contributed by atoms with van der Waals surface area (Å²) >= 11 is 5.46. The van der Waals surface area contributed by atoms with Gasteiger partial charge in [0.05, 0.1) is 6.61 Å². The molecule has 0 aliphatic rings. The van der Waals surface area contributed by atoms with Crippen molar-refractivity contribution in [3.63, 3.8) is 0 Å². The summed E-state index contributed by atoms with van der Waals surface area (Å²) in [5, 5.41) is 9.52. The predicted molar refractivity (Wildman–Crippen MR) is 72.0 cm³/mol. The molecule has 0 bridgehead atoms. The SMILES string of the molecule is CCOC(=O)C(C/C=C/Cl)(C(=O)O)c1ccccc1. The molecule has 1 unspecified atom stereocenters. The molecule has 1 aromatic rings. The van der Waals surface area contributed by atoms with E-state index in [4.69, 9.17) is 16.3 Å². The summed E-state index contributed by atoms with van der Waals surface area (Å²) in [6.45, 7) is 1.75. The fourth-order valence-corrected chi connectivity index (χ4v) is 1.90. The zero-order chi connectivity index (χ0) is 14.3. The summed E-state index contributed by atoms with van der Waals surface area (Å²) in [6.07, 6.45) is 1.37. The van der Waals surface area contributed by atoms with E-state index in [-0.39, 0.29) is 13.0 Å². The highest BCUT2D eigenvalue weighted by Gasteiger charge is 2.48. The number of carbonyl (C=O) groups excluding carboxylic acids is 1. The van der Waals surface area contributed by atoms with Crippen LogP contribution < -0.4 is 0 Å². The van der Waals surface area contributed by atoms with Gasteiger partial charge in [-0.05, 0) is 18.9 Å². The average molecular weight is 283 g/mol. The molecule has 1 atom stereocenters. The van der Waals surface area contributed by atoms with Crippen LogP contribution in [0.5, 0.6) is 0 Å². The van der Waals surface area contributed by atoms with E-state index in [2.05, 4.69) is 0 Å². The van der Waals surface area contributed by atoms with Crippen molar-refractivity contribution in [2.24, 2.45) is 0 Å². The van der Waals surface area contributed by atoms with E-state index in [1.165, 1.54) is 11.6 Å². The number of carboxylic acid groups (broad SMARTS) is 1. The molecule has 1 rings (SSSR count). The van der Waals surface area contributed by atoms with Gasteiger partial charge in [0.1, 0.15) is 0 Å². The van der Waals surface area contributed by atoms with Crippen molar-refractivity contribution < 1.29 is 19.4 Å². The van der Waals surface area contributed by atoms with Crippen LogP contribution in [0.1, 0.15) is 18.9 Å². The minimum Gasteiger partial charge on any atom is -0.480 e. The first-order chi connectivity index (χ1) is 9.09. The Morgan fingerprint density at radius 2 is 2.00 bits per heavy atom. The topological polar surface area (TPSA) is 63.6 Å². The van der Waals surface area contributed by atoms with E-state index in [1.807, 2.05) is 0 Å². The number of carbonyl (C=O) groups is 2. The second kappa shape index (κ2) is 6.95. The number of ether oxygens (including phenoxy) is 1. The maximum absolute atomic E-state index is 12.1. The predicted octanol–water partition coefficient (Wildman–Crippen LogP) is 2.71. The number of aliphatic carboxylic acids is 1. The summed E-state index contributed by atoms with van der Waals surface area (Å²) in [6, 6.07) is 8.28. The molecule has 0 fully saturated rings. The van der Waals surface area contributed by atoms with Gasteiger partial charge in [-0.1, -0.05) is 48.0 Å². The van der Waals surface area contributed by atoms with Crippen LogP contribution >= 0.6 is 11.6 Å². The van der Waals surface area contributed by atoms with Crippen LogP contribution in [-0.4, -0.2) is 23.7 Å². The third-order valence-corrected chi connectivity index (χ3v) is 2.95. The summed E-state index contributed by atoms with van der Waals surface area (Å²) in [7, 11) is 0.